The van der Waals surface area contributed by atoms with Crippen LogP contribution in [0, 0.1) is 0 Å². The van der Waals surface area contributed by atoms with E-state index >= 15 is 0 Å². The number of carboxylic acids is 2. The maximum atomic E-state index is 13.3. The Morgan fingerprint density at radius 1 is 0.810 bits per heavy atom. The molecule has 0 saturated carbocycles. The molecule has 2 fully saturated rings. The number of imide groups is 2. The van der Waals surface area contributed by atoms with Gasteiger partial charge in [0, 0.05) is 6.42 Å². The zero-order valence-electron chi connectivity index (χ0n) is 22.4. The minimum Gasteiger partial charge on any atom is -0.497 e. The third-order valence-corrected chi connectivity index (χ3v) is 8.34. The number of hydrogen-bond acceptors (Lipinski definition) is 10. The normalized spacial score (nSPS) is 19.4. The number of hydrogen-bond donors (Lipinski definition) is 2. The molecule has 4 rings (SSSR count). The molecule has 2 aromatic rings. The topological polar surface area (TPSA) is 168 Å². The van der Waals surface area contributed by atoms with Crippen LogP contribution < -0.4 is 9.47 Å². The van der Waals surface area contributed by atoms with E-state index in [9.17, 15) is 39.0 Å². The van der Waals surface area contributed by atoms with Gasteiger partial charge in [-0.15, -0.1) is 0 Å². The van der Waals surface area contributed by atoms with E-state index in [2.05, 4.69) is 0 Å². The molecular formula is C28H24N2O10S2. The summed E-state index contributed by atoms with van der Waals surface area (Å²) in [6.45, 7) is 1.00. The Balaban J connectivity index is 1.63. The van der Waals surface area contributed by atoms with E-state index in [-0.39, 0.29) is 9.81 Å². The van der Waals surface area contributed by atoms with Gasteiger partial charge in [-0.3, -0.25) is 29.0 Å². The zero-order chi connectivity index (χ0) is 30.8. The number of amides is 4. The van der Waals surface area contributed by atoms with Gasteiger partial charge in [0.1, 0.15) is 23.1 Å². The van der Waals surface area contributed by atoms with E-state index in [1.54, 1.807) is 48.5 Å². The average molecular weight is 613 g/mol. The Morgan fingerprint density at radius 3 is 1.69 bits per heavy atom. The molecule has 0 aliphatic carbocycles. The van der Waals surface area contributed by atoms with Crippen LogP contribution in [0.1, 0.15) is 24.5 Å². The highest BCUT2D eigenvalue weighted by atomic mass is 32.2. The van der Waals surface area contributed by atoms with Crippen molar-refractivity contribution in [3.8, 4) is 11.5 Å². The maximum Gasteiger partial charge on any atom is 0.329 e. The lowest BCUT2D eigenvalue weighted by atomic mass is 9.90. The average Bonchev–Trinajstić information content (AvgIpc) is 3.40. The first kappa shape index (κ1) is 30.4. The number of methoxy groups -OCH3 is 2. The Kier molecular flexibility index (Phi) is 8.78. The molecule has 2 saturated heterocycles. The number of thioether (sulfide) groups is 2. The Bertz CT molecular complexity index is 1530. The van der Waals surface area contributed by atoms with Crippen molar-refractivity contribution < 1.29 is 48.5 Å². The largest absolute Gasteiger partial charge is 0.497 e. The van der Waals surface area contributed by atoms with Crippen LogP contribution in [0.15, 0.2) is 58.3 Å². The Labute approximate surface area is 247 Å². The summed E-state index contributed by atoms with van der Waals surface area (Å²) >= 11 is 0.982. The minimum atomic E-state index is -2.42. The van der Waals surface area contributed by atoms with Crippen molar-refractivity contribution in [1.82, 2.24) is 9.80 Å². The molecule has 2 atom stereocenters. The van der Waals surface area contributed by atoms with E-state index in [1.165, 1.54) is 26.4 Å². The maximum absolute atomic E-state index is 13.3. The molecule has 2 aliphatic rings. The number of carbonyl (C=O) groups is 6. The van der Waals surface area contributed by atoms with Crippen LogP contribution >= 0.6 is 23.5 Å². The van der Waals surface area contributed by atoms with Gasteiger partial charge in [0.15, 0.2) is 0 Å². The lowest BCUT2D eigenvalue weighted by Crippen LogP contribution is -2.59. The Hall–Kier alpha value is -4.56. The molecular weight excluding hydrogens is 588 g/mol. The molecule has 0 spiro atoms. The molecule has 0 aromatic heterocycles. The van der Waals surface area contributed by atoms with Crippen LogP contribution in [0.5, 0.6) is 11.5 Å². The number of nitrogens with zero attached hydrogens (tertiary/aromatic N) is 2. The van der Waals surface area contributed by atoms with Crippen LogP contribution in [-0.2, 0) is 19.2 Å². The molecule has 14 heteroatoms. The van der Waals surface area contributed by atoms with E-state index in [1.807, 2.05) is 0 Å². The van der Waals surface area contributed by atoms with Crippen molar-refractivity contribution in [1.29, 1.82) is 0 Å². The molecule has 42 heavy (non-hydrogen) atoms. The van der Waals surface area contributed by atoms with Crippen molar-refractivity contribution in [3.63, 3.8) is 0 Å². The second-order valence-corrected chi connectivity index (χ2v) is 11.2. The molecule has 218 valence electrons. The van der Waals surface area contributed by atoms with Gasteiger partial charge in [0.2, 0.25) is 0 Å². The van der Waals surface area contributed by atoms with Gasteiger partial charge in [0.25, 0.3) is 22.3 Å². The summed E-state index contributed by atoms with van der Waals surface area (Å²) in [7, 11) is 2.97. The van der Waals surface area contributed by atoms with Gasteiger partial charge >= 0.3 is 11.9 Å². The molecule has 0 bridgehead atoms. The quantitative estimate of drug-likeness (QED) is 0.368. The highest BCUT2D eigenvalue weighted by Crippen LogP contribution is 2.41. The van der Waals surface area contributed by atoms with E-state index in [0.29, 0.717) is 55.9 Å². The van der Waals surface area contributed by atoms with Crippen LogP contribution in [0.4, 0.5) is 9.59 Å². The summed E-state index contributed by atoms with van der Waals surface area (Å²) in [6, 6.07) is 11.0. The third-order valence-electron chi connectivity index (χ3n) is 6.59. The number of rotatable bonds is 10. The molecule has 2 aliphatic heterocycles. The first-order valence-corrected chi connectivity index (χ1v) is 13.8. The fourth-order valence-electron chi connectivity index (χ4n) is 4.28. The standard InChI is InChI=1S/C28H24N2O10S2/c1-28(25(35)36,30-23(32)21(42-27(30)38)13-16-6-10-18(40-3)11-7-16)14-19(24(33)34)29-22(31)20(41-26(29)37)12-15-4-8-17(39-2)9-5-15/h4-13,19H,14H2,1-3H3,(H,33,34)(H,35,36)/b20-12-,21-13-/t19-,28-/m1/s1. The highest BCUT2D eigenvalue weighted by molar-refractivity contribution is 8.18. The number of carboxylic acid groups (broad SMARTS) is 2. The van der Waals surface area contributed by atoms with Gasteiger partial charge in [-0.1, -0.05) is 24.3 Å². The van der Waals surface area contributed by atoms with Crippen molar-refractivity contribution in [2.45, 2.75) is 24.9 Å². The first-order valence-electron chi connectivity index (χ1n) is 12.2. The molecule has 2 heterocycles. The number of carbonyl (C=O) groups excluding carboxylic acids is 4. The van der Waals surface area contributed by atoms with Crippen molar-refractivity contribution in [2.75, 3.05) is 14.2 Å². The summed E-state index contributed by atoms with van der Waals surface area (Å²) in [6.07, 6.45) is 1.83. The lowest BCUT2D eigenvalue weighted by molar-refractivity contribution is -0.157. The number of aliphatic carboxylic acids is 2. The number of benzene rings is 2. The minimum absolute atomic E-state index is 0.0814. The molecule has 2 aromatic carbocycles. The van der Waals surface area contributed by atoms with Crippen LogP contribution in [0.2, 0.25) is 0 Å². The lowest BCUT2D eigenvalue weighted by Gasteiger charge is -2.36. The van der Waals surface area contributed by atoms with Crippen molar-refractivity contribution >= 4 is 69.9 Å². The zero-order valence-corrected chi connectivity index (χ0v) is 24.1. The SMILES string of the molecule is COc1ccc(/C=C2\SC(=O)N([C@H](C[C@](C)(C(=O)O)N3C(=O)S/C(=C\c4ccc(OC)cc4)C3=O)C(=O)O)C2=O)cc1. The third kappa shape index (κ3) is 5.90. The molecule has 0 radical (unpaired) electrons. The monoisotopic (exact) mass is 612 g/mol. The number of ether oxygens (including phenoxy) is 2. The molecule has 12 nitrogen and oxygen atoms in total. The predicted molar refractivity (Wildman–Crippen MR) is 154 cm³/mol. The van der Waals surface area contributed by atoms with Gasteiger partial charge in [-0.2, -0.15) is 0 Å². The second kappa shape index (κ2) is 12.1. The van der Waals surface area contributed by atoms with Gasteiger partial charge < -0.3 is 19.7 Å². The highest BCUT2D eigenvalue weighted by Gasteiger charge is 2.55. The van der Waals surface area contributed by atoms with E-state index in [4.69, 9.17) is 9.47 Å². The van der Waals surface area contributed by atoms with Crippen molar-refractivity contribution in [2.24, 2.45) is 0 Å². The summed E-state index contributed by atoms with van der Waals surface area (Å²) in [5, 5.41) is 18.3. The summed E-state index contributed by atoms with van der Waals surface area (Å²) in [5.74, 6) is -4.16. The molecule has 0 unspecified atom stereocenters. The summed E-state index contributed by atoms with van der Waals surface area (Å²) < 4.78 is 10.2. The second-order valence-electron chi connectivity index (χ2n) is 9.25. The van der Waals surface area contributed by atoms with Crippen LogP contribution in [0.25, 0.3) is 12.2 Å². The fourth-order valence-corrected chi connectivity index (χ4v) is 6.10. The van der Waals surface area contributed by atoms with Crippen LogP contribution in [-0.4, -0.2) is 80.0 Å². The van der Waals surface area contributed by atoms with E-state index in [0.717, 1.165) is 6.92 Å². The van der Waals surface area contributed by atoms with Crippen LogP contribution in [0.3, 0.4) is 0 Å². The van der Waals surface area contributed by atoms with Crippen molar-refractivity contribution in [3.05, 3.63) is 69.5 Å². The van der Waals surface area contributed by atoms with Gasteiger partial charge in [-0.25, -0.2) is 9.59 Å². The smallest absolute Gasteiger partial charge is 0.329 e. The summed E-state index contributed by atoms with van der Waals surface area (Å²) in [5.41, 5.74) is -1.36. The van der Waals surface area contributed by atoms with E-state index < -0.39 is 52.2 Å². The molecule has 4 amide bonds. The van der Waals surface area contributed by atoms with Gasteiger partial charge in [0.05, 0.1) is 24.0 Å². The molecule has 2 N–H and O–H groups in total. The predicted octanol–water partition coefficient (Wildman–Crippen LogP) is 4.16. The fraction of sp³-hybridized carbons (Fsp3) is 0.214. The van der Waals surface area contributed by atoms with Gasteiger partial charge in [-0.05, 0) is 78.0 Å². The Morgan fingerprint density at radius 2 is 1.26 bits per heavy atom. The summed E-state index contributed by atoms with van der Waals surface area (Å²) in [4.78, 5) is 78.0. The first-order chi connectivity index (χ1) is 19.9.